The lowest BCUT2D eigenvalue weighted by Crippen LogP contribution is -2.42. The zero-order chi connectivity index (χ0) is 16.3. The Bertz CT molecular complexity index is 271. The van der Waals surface area contributed by atoms with Crippen molar-refractivity contribution in [2.24, 2.45) is 5.92 Å². The zero-order valence-electron chi connectivity index (χ0n) is 14.5. The van der Waals surface area contributed by atoms with Crippen LogP contribution in [0.2, 0.25) is 0 Å². The van der Waals surface area contributed by atoms with E-state index in [2.05, 4.69) is 55.9 Å². The molecule has 0 atom stereocenters. The van der Waals surface area contributed by atoms with Crippen molar-refractivity contribution in [3.8, 4) is 0 Å². The molecule has 0 unspecified atom stereocenters. The van der Waals surface area contributed by atoms with Crippen LogP contribution in [0.3, 0.4) is 0 Å². The van der Waals surface area contributed by atoms with Crippen molar-refractivity contribution < 1.29 is 9.53 Å². The third kappa shape index (κ3) is 13.3. The van der Waals surface area contributed by atoms with E-state index in [-0.39, 0.29) is 11.5 Å². The molecule has 1 amide bonds. The summed E-state index contributed by atoms with van der Waals surface area (Å²) in [5.41, 5.74) is -0.251. The Morgan fingerprint density at radius 2 is 1.81 bits per heavy atom. The summed E-state index contributed by atoms with van der Waals surface area (Å²) in [6.45, 7) is 11.2. The number of halogens is 1. The van der Waals surface area contributed by atoms with E-state index < -0.39 is 0 Å². The Kier molecular flexibility index (Phi) is 11.4. The van der Waals surface area contributed by atoms with Gasteiger partial charge in [0.05, 0.1) is 11.7 Å². The second kappa shape index (κ2) is 11.5. The molecule has 4 heteroatoms. The molecule has 0 aliphatic heterocycles. The van der Waals surface area contributed by atoms with Crippen LogP contribution in [0.15, 0.2) is 0 Å². The second-order valence-electron chi connectivity index (χ2n) is 7.09. The van der Waals surface area contributed by atoms with E-state index in [1.807, 2.05) is 0 Å². The molecule has 1 aliphatic rings. The summed E-state index contributed by atoms with van der Waals surface area (Å²) in [5.74, 6) is 0.951. The number of carbonyl (C=O) groups is 1. The Morgan fingerprint density at radius 1 is 1.29 bits per heavy atom. The highest BCUT2D eigenvalue weighted by atomic mass is 79.9. The van der Waals surface area contributed by atoms with Gasteiger partial charge in [-0.2, -0.15) is 0 Å². The molecule has 0 aromatic heterocycles. The fourth-order valence-electron chi connectivity index (χ4n) is 2.13. The molecule has 0 heterocycles. The molecule has 1 N–H and O–H groups in total. The van der Waals surface area contributed by atoms with E-state index >= 15 is 0 Å². The van der Waals surface area contributed by atoms with Crippen LogP contribution in [-0.2, 0) is 9.53 Å². The van der Waals surface area contributed by atoms with Gasteiger partial charge < -0.3 is 10.1 Å². The maximum Gasteiger partial charge on any atom is 0.220 e. The Labute approximate surface area is 139 Å². The van der Waals surface area contributed by atoms with E-state index in [9.17, 15) is 4.79 Å². The number of hydrogen-bond acceptors (Lipinski definition) is 2. The fraction of sp³-hybridized carbons (Fsp3) is 0.941. The van der Waals surface area contributed by atoms with E-state index in [0.717, 1.165) is 17.7 Å². The minimum Gasteiger partial charge on any atom is -0.371 e. The normalized spacial score (nSPS) is 15.8. The molecular weight excluding hydrogens is 330 g/mol. The minimum atomic E-state index is -0.251. The molecule has 0 bridgehead atoms. The third-order valence-corrected chi connectivity index (χ3v) is 3.60. The first-order valence-electron chi connectivity index (χ1n) is 8.27. The highest BCUT2D eigenvalue weighted by molar-refractivity contribution is 9.09. The molecular formula is C17H34BrNO2. The smallest absolute Gasteiger partial charge is 0.220 e. The summed E-state index contributed by atoms with van der Waals surface area (Å²) in [7, 11) is 0. The highest BCUT2D eigenvalue weighted by Crippen LogP contribution is 2.25. The topological polar surface area (TPSA) is 38.3 Å². The number of rotatable bonds is 7. The van der Waals surface area contributed by atoms with Crippen LogP contribution in [0.5, 0.6) is 0 Å². The van der Waals surface area contributed by atoms with Crippen molar-refractivity contribution in [1.29, 1.82) is 0 Å². The number of amides is 1. The number of ether oxygens (including phenoxy) is 1. The van der Waals surface area contributed by atoms with Crippen molar-refractivity contribution in [2.45, 2.75) is 84.8 Å². The first-order chi connectivity index (χ1) is 9.76. The molecule has 1 aliphatic carbocycles. The van der Waals surface area contributed by atoms with Gasteiger partial charge >= 0.3 is 0 Å². The lowest BCUT2D eigenvalue weighted by atomic mass is 10.1. The summed E-state index contributed by atoms with van der Waals surface area (Å²) in [6, 6.07) is 0. The van der Waals surface area contributed by atoms with Crippen LogP contribution in [0.4, 0.5) is 0 Å². The van der Waals surface area contributed by atoms with Gasteiger partial charge in [0.15, 0.2) is 0 Å². The quantitative estimate of drug-likeness (QED) is 0.666. The van der Waals surface area contributed by atoms with Gasteiger partial charge in [0.1, 0.15) is 0 Å². The zero-order valence-corrected chi connectivity index (χ0v) is 16.1. The van der Waals surface area contributed by atoms with Crippen LogP contribution in [0, 0.1) is 5.92 Å². The van der Waals surface area contributed by atoms with E-state index in [1.54, 1.807) is 0 Å². The molecule has 3 nitrogen and oxygen atoms in total. The Morgan fingerprint density at radius 3 is 2.29 bits per heavy atom. The van der Waals surface area contributed by atoms with Crippen molar-refractivity contribution in [1.82, 2.24) is 5.32 Å². The maximum absolute atomic E-state index is 11.5. The average Bonchev–Trinajstić information content (AvgIpc) is 2.85. The Balaban J connectivity index is 0.000000885. The van der Waals surface area contributed by atoms with Crippen molar-refractivity contribution in [3.05, 3.63) is 0 Å². The van der Waals surface area contributed by atoms with Crippen LogP contribution in [0.25, 0.3) is 0 Å². The number of nitrogens with one attached hydrogen (secondary N) is 1. The molecule has 126 valence electrons. The molecule has 1 rings (SSSR count). The average molecular weight is 364 g/mol. The first kappa shape index (κ1) is 20.9. The van der Waals surface area contributed by atoms with Crippen molar-refractivity contribution in [2.75, 3.05) is 11.9 Å². The second-order valence-corrected chi connectivity index (χ2v) is 7.88. The van der Waals surface area contributed by atoms with Crippen LogP contribution in [-0.4, -0.2) is 29.5 Å². The Hall–Kier alpha value is -0.0900. The van der Waals surface area contributed by atoms with Crippen molar-refractivity contribution in [3.63, 3.8) is 0 Å². The van der Waals surface area contributed by atoms with Gasteiger partial charge in [-0.25, -0.2) is 0 Å². The molecule has 1 fully saturated rings. The van der Waals surface area contributed by atoms with E-state index in [1.165, 1.54) is 25.7 Å². The molecule has 0 aromatic rings. The van der Waals surface area contributed by atoms with Crippen LogP contribution >= 0.6 is 15.9 Å². The summed E-state index contributed by atoms with van der Waals surface area (Å²) in [4.78, 5) is 11.5. The lowest BCUT2D eigenvalue weighted by Gasteiger charge is -2.29. The molecule has 1 saturated carbocycles. The van der Waals surface area contributed by atoms with Crippen LogP contribution < -0.4 is 5.32 Å². The third-order valence-electron chi connectivity index (χ3n) is 3.04. The molecule has 0 spiro atoms. The molecule has 0 aromatic carbocycles. The molecule has 0 saturated heterocycles. The standard InChI is InChI=1S/C13H24BrNO2.C4H10/c1-13(2,17-11-6-3-4-7-11)10-15-12(16)8-5-9-14;1-4(2)3/h11H,3-10H2,1-2H3,(H,15,16);4H,1-3H3. The number of hydrogen-bond donors (Lipinski definition) is 1. The highest BCUT2D eigenvalue weighted by Gasteiger charge is 2.26. The van der Waals surface area contributed by atoms with Gasteiger partial charge in [0, 0.05) is 18.3 Å². The largest absolute Gasteiger partial charge is 0.371 e. The molecule has 21 heavy (non-hydrogen) atoms. The summed E-state index contributed by atoms with van der Waals surface area (Å²) < 4.78 is 6.03. The number of carbonyl (C=O) groups excluding carboxylic acids is 1. The SMILES string of the molecule is CC(C)(CNC(=O)CCCBr)OC1CCCC1.CC(C)C. The van der Waals surface area contributed by atoms with Gasteiger partial charge in [0.2, 0.25) is 5.91 Å². The van der Waals surface area contributed by atoms with E-state index in [0.29, 0.717) is 19.1 Å². The minimum absolute atomic E-state index is 0.118. The van der Waals surface area contributed by atoms with Gasteiger partial charge in [-0.1, -0.05) is 49.5 Å². The monoisotopic (exact) mass is 363 g/mol. The molecule has 0 radical (unpaired) electrons. The van der Waals surface area contributed by atoms with Gasteiger partial charge in [-0.05, 0) is 39.0 Å². The maximum atomic E-state index is 11.5. The summed E-state index contributed by atoms with van der Waals surface area (Å²) in [6.07, 6.45) is 6.75. The van der Waals surface area contributed by atoms with E-state index in [4.69, 9.17) is 4.74 Å². The first-order valence-corrected chi connectivity index (χ1v) is 9.39. The predicted molar refractivity (Wildman–Crippen MR) is 94.0 cm³/mol. The summed E-state index contributed by atoms with van der Waals surface area (Å²) in [5, 5.41) is 3.82. The van der Waals surface area contributed by atoms with Gasteiger partial charge in [0.25, 0.3) is 0 Å². The number of alkyl halides is 1. The summed E-state index contributed by atoms with van der Waals surface area (Å²) >= 11 is 3.32. The van der Waals surface area contributed by atoms with Gasteiger partial charge in [-0.3, -0.25) is 4.79 Å². The van der Waals surface area contributed by atoms with Gasteiger partial charge in [-0.15, -0.1) is 0 Å². The van der Waals surface area contributed by atoms with Crippen LogP contribution in [0.1, 0.15) is 73.1 Å². The fourth-order valence-corrected chi connectivity index (χ4v) is 2.41. The predicted octanol–water partition coefficient (Wildman–Crippen LogP) is 4.68. The lowest BCUT2D eigenvalue weighted by molar-refractivity contribution is -0.124. The van der Waals surface area contributed by atoms with Crippen molar-refractivity contribution >= 4 is 21.8 Å².